The van der Waals surface area contributed by atoms with E-state index in [2.05, 4.69) is 31.6 Å². The van der Waals surface area contributed by atoms with E-state index in [0.29, 0.717) is 23.4 Å². The number of ether oxygens (including phenoxy) is 1. The topological polar surface area (TPSA) is 151 Å². The van der Waals surface area contributed by atoms with Crippen LogP contribution in [0.5, 0.6) is 5.75 Å². The molecule has 3 aromatic rings. The molecule has 11 heteroatoms. The lowest BCUT2D eigenvalue weighted by atomic mass is 10.1. The summed E-state index contributed by atoms with van der Waals surface area (Å²) in [6, 6.07) is 14.6. The van der Waals surface area contributed by atoms with Crippen LogP contribution in [-0.2, 0) is 10.1 Å². The molecule has 0 atom stereocenters. The molecule has 0 aromatic heterocycles. The van der Waals surface area contributed by atoms with Crippen LogP contribution in [-0.4, -0.2) is 31.8 Å². The Bertz CT molecular complexity index is 1400. The normalized spacial score (nSPS) is 14.3. The highest BCUT2D eigenvalue weighted by atomic mass is 32.2. The van der Waals surface area contributed by atoms with Crippen LogP contribution in [0.1, 0.15) is 6.42 Å². The lowest BCUT2D eigenvalue weighted by Crippen LogP contribution is -2.11. The molecule has 0 spiro atoms. The molecule has 10 nitrogen and oxygen atoms in total. The maximum absolute atomic E-state index is 11.9. The summed E-state index contributed by atoms with van der Waals surface area (Å²) in [6.45, 7) is 1.15. The number of dihydropyridines is 1. The van der Waals surface area contributed by atoms with Crippen molar-refractivity contribution in [1.29, 1.82) is 0 Å². The van der Waals surface area contributed by atoms with Crippen molar-refractivity contribution in [2.75, 3.05) is 13.2 Å². The third-order valence-electron chi connectivity index (χ3n) is 4.81. The fraction of sp³-hybridized carbons (Fsp3) is 0.136. The van der Waals surface area contributed by atoms with Crippen LogP contribution >= 0.6 is 0 Å². The Morgan fingerprint density at radius 1 is 1.03 bits per heavy atom. The minimum absolute atomic E-state index is 0.0814. The van der Waals surface area contributed by atoms with E-state index in [1.54, 1.807) is 48.5 Å². The maximum atomic E-state index is 11.9. The van der Waals surface area contributed by atoms with E-state index in [-0.39, 0.29) is 21.7 Å². The van der Waals surface area contributed by atoms with Crippen molar-refractivity contribution in [1.82, 2.24) is 0 Å². The number of hydrogen-bond donors (Lipinski definition) is 2. The molecular formula is C22H20N6O4S. The van der Waals surface area contributed by atoms with Crippen molar-refractivity contribution in [3.8, 4) is 5.75 Å². The number of nitrogens with zero attached hydrogens (tertiary/aromatic N) is 5. The smallest absolute Gasteiger partial charge is 0.295 e. The SMILES string of the molecule is NN=Nc1c(/N=N/c2ccc(OCC3=NCCC=C3)cc2)cc(S(=O)(=O)O)c2ccccc12. The van der Waals surface area contributed by atoms with Gasteiger partial charge in [0.15, 0.2) is 0 Å². The van der Waals surface area contributed by atoms with Crippen LogP contribution < -0.4 is 10.6 Å². The lowest BCUT2D eigenvalue weighted by molar-refractivity contribution is 0.376. The van der Waals surface area contributed by atoms with Gasteiger partial charge in [-0.3, -0.25) is 9.55 Å². The van der Waals surface area contributed by atoms with E-state index < -0.39 is 10.1 Å². The van der Waals surface area contributed by atoms with E-state index in [1.807, 2.05) is 6.08 Å². The van der Waals surface area contributed by atoms with Crippen molar-refractivity contribution in [3.05, 3.63) is 66.7 Å². The molecule has 1 aliphatic heterocycles. The second-order valence-electron chi connectivity index (χ2n) is 7.03. The average Bonchev–Trinajstić information content (AvgIpc) is 2.83. The van der Waals surface area contributed by atoms with Crippen LogP contribution in [0, 0.1) is 0 Å². The molecular weight excluding hydrogens is 444 g/mol. The third-order valence-corrected chi connectivity index (χ3v) is 5.70. The first-order chi connectivity index (χ1) is 16.0. The Hall–Kier alpha value is -3.96. The van der Waals surface area contributed by atoms with Crippen LogP contribution in [0.3, 0.4) is 0 Å². The summed E-state index contributed by atoms with van der Waals surface area (Å²) in [6.07, 6.45) is 4.96. The second-order valence-corrected chi connectivity index (χ2v) is 8.42. The number of azo groups is 1. The fourth-order valence-electron chi connectivity index (χ4n) is 3.29. The van der Waals surface area contributed by atoms with Gasteiger partial charge in [0.2, 0.25) is 0 Å². The Morgan fingerprint density at radius 3 is 2.45 bits per heavy atom. The maximum Gasteiger partial charge on any atom is 0.295 e. The van der Waals surface area contributed by atoms with Crippen LogP contribution in [0.4, 0.5) is 17.1 Å². The van der Waals surface area contributed by atoms with Gasteiger partial charge in [-0.05, 0) is 42.8 Å². The van der Waals surface area contributed by atoms with Gasteiger partial charge in [-0.25, -0.2) is 0 Å². The molecule has 3 aromatic carbocycles. The van der Waals surface area contributed by atoms with Crippen molar-refractivity contribution in [2.24, 2.45) is 31.4 Å². The highest BCUT2D eigenvalue weighted by molar-refractivity contribution is 7.86. The third kappa shape index (κ3) is 5.27. The first kappa shape index (κ1) is 22.2. The van der Waals surface area contributed by atoms with Crippen LogP contribution in [0.15, 0.2) is 97.2 Å². The summed E-state index contributed by atoms with van der Waals surface area (Å²) in [5.41, 5.74) is 1.69. The van der Waals surface area contributed by atoms with Gasteiger partial charge >= 0.3 is 0 Å². The summed E-state index contributed by atoms with van der Waals surface area (Å²) in [5.74, 6) is 5.89. The number of benzene rings is 3. The minimum Gasteiger partial charge on any atom is -0.487 e. The zero-order chi connectivity index (χ0) is 23.3. The van der Waals surface area contributed by atoms with Crippen LogP contribution in [0.2, 0.25) is 0 Å². The van der Waals surface area contributed by atoms with Gasteiger partial charge in [0, 0.05) is 17.3 Å². The molecule has 0 radical (unpaired) electrons. The summed E-state index contributed by atoms with van der Waals surface area (Å²) in [7, 11) is -4.52. The zero-order valence-corrected chi connectivity index (χ0v) is 18.2. The standard InChI is InChI=1S/C22H20N6O4S/c23-28-27-22-19-7-2-1-6-18(19)21(33(29,30)31)13-20(22)26-25-15-8-10-17(11-9-15)32-14-16-5-3-4-12-24-16/h1-3,5-11,13H,4,12,14H2,(H2,23,27)(H,29,30,31)/b26-25+. The van der Waals surface area contributed by atoms with Gasteiger partial charge in [-0.15, -0.1) is 10.2 Å². The number of aliphatic imine (C=N–C) groups is 1. The highest BCUT2D eigenvalue weighted by Crippen LogP contribution is 2.40. The molecule has 0 amide bonds. The number of fused-ring (bicyclic) bond motifs is 1. The lowest BCUT2D eigenvalue weighted by Gasteiger charge is -2.09. The predicted octanol–water partition coefficient (Wildman–Crippen LogP) is 5.24. The van der Waals surface area contributed by atoms with E-state index in [9.17, 15) is 13.0 Å². The van der Waals surface area contributed by atoms with Gasteiger partial charge in [0.05, 0.1) is 11.4 Å². The molecule has 0 saturated carbocycles. The molecule has 1 heterocycles. The van der Waals surface area contributed by atoms with Gasteiger partial charge < -0.3 is 10.6 Å². The molecule has 0 fully saturated rings. The average molecular weight is 465 g/mol. The van der Waals surface area contributed by atoms with Gasteiger partial charge in [-0.2, -0.15) is 13.5 Å². The van der Waals surface area contributed by atoms with Crippen LogP contribution in [0.25, 0.3) is 10.8 Å². The molecule has 3 N–H and O–H groups in total. The largest absolute Gasteiger partial charge is 0.487 e. The molecule has 1 aliphatic rings. The van der Waals surface area contributed by atoms with Crippen molar-refractivity contribution >= 4 is 43.7 Å². The van der Waals surface area contributed by atoms with Crippen molar-refractivity contribution < 1.29 is 17.7 Å². The predicted molar refractivity (Wildman–Crippen MR) is 125 cm³/mol. The van der Waals surface area contributed by atoms with E-state index in [4.69, 9.17) is 10.6 Å². The zero-order valence-electron chi connectivity index (χ0n) is 17.4. The number of nitrogens with two attached hydrogens (primary N) is 1. The highest BCUT2D eigenvalue weighted by Gasteiger charge is 2.19. The monoisotopic (exact) mass is 464 g/mol. The van der Waals surface area contributed by atoms with Gasteiger partial charge in [0.1, 0.15) is 28.6 Å². The molecule has 0 saturated heterocycles. The van der Waals surface area contributed by atoms with E-state index in [1.165, 1.54) is 6.07 Å². The number of rotatable bonds is 7. The Kier molecular flexibility index (Phi) is 6.52. The first-order valence-corrected chi connectivity index (χ1v) is 11.4. The minimum atomic E-state index is -4.52. The Balaban J connectivity index is 1.62. The molecule has 4 rings (SSSR count). The number of hydrogen-bond acceptors (Lipinski definition) is 8. The first-order valence-electron chi connectivity index (χ1n) is 9.94. The molecule has 0 aliphatic carbocycles. The molecule has 168 valence electrons. The summed E-state index contributed by atoms with van der Waals surface area (Å²) >= 11 is 0. The molecule has 0 unspecified atom stereocenters. The fourth-order valence-corrected chi connectivity index (χ4v) is 4.01. The summed E-state index contributed by atoms with van der Waals surface area (Å²) in [4.78, 5) is 4.07. The second kappa shape index (κ2) is 9.67. The molecule has 0 bridgehead atoms. The Morgan fingerprint density at radius 2 is 1.79 bits per heavy atom. The van der Waals surface area contributed by atoms with Gasteiger partial charge in [-0.1, -0.05) is 35.6 Å². The quantitative estimate of drug-likeness (QED) is 0.212. The van der Waals surface area contributed by atoms with Crippen molar-refractivity contribution in [3.63, 3.8) is 0 Å². The van der Waals surface area contributed by atoms with Gasteiger partial charge in [0.25, 0.3) is 10.1 Å². The summed E-state index contributed by atoms with van der Waals surface area (Å²) in [5, 5.41) is 16.2. The molecule has 33 heavy (non-hydrogen) atoms. The summed E-state index contributed by atoms with van der Waals surface area (Å²) < 4.78 is 39.3. The Labute approximate surface area is 190 Å². The van der Waals surface area contributed by atoms with E-state index in [0.717, 1.165) is 18.7 Å². The van der Waals surface area contributed by atoms with Crippen molar-refractivity contribution in [2.45, 2.75) is 11.3 Å². The van der Waals surface area contributed by atoms with E-state index >= 15 is 0 Å².